The van der Waals surface area contributed by atoms with Gasteiger partial charge in [0.25, 0.3) is 0 Å². The average Bonchev–Trinajstić information content (AvgIpc) is 3.03. The zero-order valence-electron chi connectivity index (χ0n) is 11.1. The zero-order chi connectivity index (χ0) is 14.1. The fraction of sp³-hybridized carbons (Fsp3) is 0.375. The van der Waals surface area contributed by atoms with Crippen LogP contribution in [0.15, 0.2) is 30.3 Å². The second-order valence-corrected chi connectivity index (χ2v) is 5.71. The van der Waals surface area contributed by atoms with Gasteiger partial charge in [0.2, 0.25) is 5.91 Å². The van der Waals surface area contributed by atoms with Gasteiger partial charge in [0.1, 0.15) is 0 Å². The number of fused-ring (bicyclic) bond motifs is 1. The Morgan fingerprint density at radius 2 is 1.95 bits per heavy atom. The summed E-state index contributed by atoms with van der Waals surface area (Å²) in [6.07, 6.45) is 5.96. The number of carboxylic acids is 1. The molecule has 2 saturated carbocycles. The van der Waals surface area contributed by atoms with E-state index in [1.807, 2.05) is 12.1 Å². The molecular weight excluding hydrogens is 254 g/mol. The number of hydrogen-bond donors (Lipinski definition) is 2. The molecule has 0 heterocycles. The minimum Gasteiger partial charge on any atom is -0.478 e. The lowest BCUT2D eigenvalue weighted by atomic mass is 10.0. The summed E-state index contributed by atoms with van der Waals surface area (Å²) >= 11 is 0. The number of hydrogen-bond acceptors (Lipinski definition) is 2. The van der Waals surface area contributed by atoms with E-state index in [0.29, 0.717) is 0 Å². The molecule has 2 fully saturated rings. The lowest BCUT2D eigenvalue weighted by molar-refractivity contribution is -0.131. The largest absolute Gasteiger partial charge is 0.478 e. The van der Waals surface area contributed by atoms with Crippen LogP contribution in [0.2, 0.25) is 0 Å². The van der Waals surface area contributed by atoms with Crippen molar-refractivity contribution >= 4 is 23.6 Å². The van der Waals surface area contributed by atoms with Crippen molar-refractivity contribution in [2.24, 2.45) is 17.8 Å². The summed E-state index contributed by atoms with van der Waals surface area (Å²) in [5.74, 6) is 0.837. The van der Waals surface area contributed by atoms with Gasteiger partial charge in [-0.05, 0) is 54.9 Å². The molecule has 104 valence electrons. The van der Waals surface area contributed by atoms with E-state index in [0.717, 1.165) is 42.0 Å². The third kappa shape index (κ3) is 2.90. The predicted molar refractivity (Wildman–Crippen MR) is 76.1 cm³/mol. The molecule has 0 radical (unpaired) electrons. The van der Waals surface area contributed by atoms with Gasteiger partial charge in [-0.25, -0.2) is 4.79 Å². The Morgan fingerprint density at radius 3 is 2.65 bits per heavy atom. The van der Waals surface area contributed by atoms with Gasteiger partial charge in [-0.2, -0.15) is 0 Å². The van der Waals surface area contributed by atoms with Crippen LogP contribution in [0.4, 0.5) is 5.69 Å². The molecule has 2 N–H and O–H groups in total. The standard InChI is InChI=1S/C16H17NO3/c18-15(19)5-4-10-2-1-3-14(6-10)17-16(20)13-8-11-7-12(11)9-13/h1-6,11-13H,7-9H2,(H,17,20)(H,18,19)/b5-4+. The lowest BCUT2D eigenvalue weighted by Crippen LogP contribution is -2.21. The highest BCUT2D eigenvalue weighted by Gasteiger charge is 2.47. The van der Waals surface area contributed by atoms with Crippen LogP contribution in [0.5, 0.6) is 0 Å². The van der Waals surface area contributed by atoms with Gasteiger partial charge < -0.3 is 10.4 Å². The Morgan fingerprint density at radius 1 is 1.20 bits per heavy atom. The molecule has 0 aliphatic heterocycles. The van der Waals surface area contributed by atoms with E-state index in [4.69, 9.17) is 5.11 Å². The average molecular weight is 271 g/mol. The normalized spacial score (nSPS) is 27.3. The van der Waals surface area contributed by atoms with E-state index >= 15 is 0 Å². The molecule has 4 heteroatoms. The topological polar surface area (TPSA) is 66.4 Å². The highest BCUT2D eigenvalue weighted by molar-refractivity contribution is 5.93. The van der Waals surface area contributed by atoms with E-state index in [2.05, 4.69) is 5.32 Å². The number of carbonyl (C=O) groups excluding carboxylic acids is 1. The minimum atomic E-state index is -0.982. The summed E-state index contributed by atoms with van der Waals surface area (Å²) in [5.41, 5.74) is 1.49. The first-order chi connectivity index (χ1) is 9.61. The summed E-state index contributed by atoms with van der Waals surface area (Å²) in [6.45, 7) is 0. The number of nitrogens with one attached hydrogen (secondary N) is 1. The Balaban J connectivity index is 1.63. The second kappa shape index (κ2) is 5.12. The molecule has 3 rings (SSSR count). The van der Waals surface area contributed by atoms with Crippen LogP contribution in [0.25, 0.3) is 6.08 Å². The van der Waals surface area contributed by atoms with Crippen molar-refractivity contribution < 1.29 is 14.7 Å². The maximum atomic E-state index is 12.1. The molecule has 0 aromatic heterocycles. The van der Waals surface area contributed by atoms with Gasteiger partial charge in [0.05, 0.1) is 0 Å². The van der Waals surface area contributed by atoms with Crippen LogP contribution in [-0.4, -0.2) is 17.0 Å². The molecule has 4 nitrogen and oxygen atoms in total. The summed E-state index contributed by atoms with van der Waals surface area (Å²) < 4.78 is 0. The molecule has 1 aromatic carbocycles. The van der Waals surface area contributed by atoms with Crippen LogP contribution in [0, 0.1) is 17.8 Å². The smallest absolute Gasteiger partial charge is 0.328 e. The molecular formula is C16H17NO3. The van der Waals surface area contributed by atoms with Crippen LogP contribution < -0.4 is 5.32 Å². The lowest BCUT2D eigenvalue weighted by Gasteiger charge is -2.12. The van der Waals surface area contributed by atoms with Gasteiger partial charge in [0.15, 0.2) is 0 Å². The SMILES string of the molecule is O=C(O)/C=C/c1cccc(NC(=O)C2CC3CC3C2)c1. The summed E-state index contributed by atoms with van der Waals surface area (Å²) in [6, 6.07) is 7.22. The molecule has 2 aliphatic rings. The van der Waals surface area contributed by atoms with Crippen molar-refractivity contribution in [3.05, 3.63) is 35.9 Å². The quantitative estimate of drug-likeness (QED) is 0.827. The van der Waals surface area contributed by atoms with Crippen molar-refractivity contribution in [1.82, 2.24) is 0 Å². The molecule has 1 amide bonds. The van der Waals surface area contributed by atoms with Crippen LogP contribution in [-0.2, 0) is 9.59 Å². The number of anilines is 1. The number of carboxylic acid groups (broad SMARTS) is 1. The highest BCUT2D eigenvalue weighted by atomic mass is 16.4. The van der Waals surface area contributed by atoms with Crippen molar-refractivity contribution in [3.8, 4) is 0 Å². The van der Waals surface area contributed by atoms with Crippen LogP contribution >= 0.6 is 0 Å². The van der Waals surface area contributed by atoms with Crippen molar-refractivity contribution in [2.45, 2.75) is 19.3 Å². The Bertz CT molecular complexity index is 569. The van der Waals surface area contributed by atoms with Gasteiger partial charge in [-0.1, -0.05) is 12.1 Å². The maximum Gasteiger partial charge on any atom is 0.328 e. The molecule has 20 heavy (non-hydrogen) atoms. The maximum absolute atomic E-state index is 12.1. The van der Waals surface area contributed by atoms with E-state index in [-0.39, 0.29) is 11.8 Å². The van der Waals surface area contributed by atoms with Crippen molar-refractivity contribution in [2.75, 3.05) is 5.32 Å². The number of benzene rings is 1. The fourth-order valence-corrected chi connectivity index (χ4v) is 3.06. The highest BCUT2D eigenvalue weighted by Crippen LogP contribution is 2.54. The molecule has 0 spiro atoms. The van der Waals surface area contributed by atoms with Gasteiger partial charge in [-0.3, -0.25) is 4.79 Å². The molecule has 2 atom stereocenters. The Labute approximate surface area is 117 Å². The Hall–Kier alpha value is -2.10. The monoisotopic (exact) mass is 271 g/mol. The first-order valence-corrected chi connectivity index (χ1v) is 6.94. The summed E-state index contributed by atoms with van der Waals surface area (Å²) in [7, 11) is 0. The molecule has 0 bridgehead atoms. The molecule has 2 aliphatic carbocycles. The van der Waals surface area contributed by atoms with Gasteiger partial charge in [0, 0.05) is 17.7 Å². The third-order valence-corrected chi connectivity index (χ3v) is 4.19. The number of rotatable bonds is 4. The van der Waals surface area contributed by atoms with Gasteiger partial charge >= 0.3 is 5.97 Å². The Kier molecular flexibility index (Phi) is 3.30. The van der Waals surface area contributed by atoms with Gasteiger partial charge in [-0.15, -0.1) is 0 Å². The third-order valence-electron chi connectivity index (χ3n) is 4.19. The molecule has 1 aromatic rings. The predicted octanol–water partition coefficient (Wildman–Crippen LogP) is 2.77. The first-order valence-electron chi connectivity index (χ1n) is 6.94. The fourth-order valence-electron chi connectivity index (χ4n) is 3.06. The van der Waals surface area contributed by atoms with E-state index < -0.39 is 5.97 Å². The van der Waals surface area contributed by atoms with E-state index in [9.17, 15) is 9.59 Å². The number of aliphatic carboxylic acids is 1. The zero-order valence-corrected chi connectivity index (χ0v) is 11.1. The summed E-state index contributed by atoms with van der Waals surface area (Å²) in [4.78, 5) is 22.6. The van der Waals surface area contributed by atoms with Crippen LogP contribution in [0.3, 0.4) is 0 Å². The van der Waals surface area contributed by atoms with Crippen LogP contribution in [0.1, 0.15) is 24.8 Å². The number of amides is 1. The van der Waals surface area contributed by atoms with Crippen molar-refractivity contribution in [3.63, 3.8) is 0 Å². The molecule has 0 saturated heterocycles. The van der Waals surface area contributed by atoms with E-state index in [1.165, 1.54) is 12.5 Å². The van der Waals surface area contributed by atoms with Crippen molar-refractivity contribution in [1.29, 1.82) is 0 Å². The molecule has 2 unspecified atom stereocenters. The number of carbonyl (C=O) groups is 2. The second-order valence-electron chi connectivity index (χ2n) is 5.71. The first kappa shape index (κ1) is 12.9. The summed E-state index contributed by atoms with van der Waals surface area (Å²) in [5, 5.41) is 11.5. The minimum absolute atomic E-state index is 0.0940. The van der Waals surface area contributed by atoms with E-state index in [1.54, 1.807) is 12.1 Å².